The number of halogens is 2. The Hall–Kier alpha value is -2.47. The van der Waals surface area contributed by atoms with Crippen molar-refractivity contribution in [3.63, 3.8) is 0 Å². The number of benzene rings is 1. The molecule has 0 saturated carbocycles. The minimum Gasteiger partial charge on any atom is -0.382 e. The minimum atomic E-state index is -0.418. The molecule has 0 saturated heterocycles. The number of nitrogens with two attached hydrogens (primary N) is 1. The first-order chi connectivity index (χ1) is 9.66. The summed E-state index contributed by atoms with van der Waals surface area (Å²) in [6, 6.07) is 5.78. The highest BCUT2D eigenvalue weighted by atomic mass is 35.5. The largest absolute Gasteiger partial charge is 0.382 e. The van der Waals surface area contributed by atoms with Gasteiger partial charge in [0.05, 0.1) is 10.6 Å². The highest BCUT2D eigenvalue weighted by Gasteiger charge is 2.18. The molecular formula is C13H9ClFN5. The molecule has 3 aromatic rings. The Bertz CT molecular complexity index is 757. The molecular weight excluding hydrogens is 281 g/mol. The lowest BCUT2D eigenvalue weighted by molar-refractivity contribution is 0.628. The van der Waals surface area contributed by atoms with Crippen LogP contribution >= 0.6 is 11.6 Å². The van der Waals surface area contributed by atoms with Gasteiger partial charge in [-0.15, -0.1) is 0 Å². The van der Waals surface area contributed by atoms with E-state index in [1.54, 1.807) is 24.5 Å². The molecule has 0 radical (unpaired) electrons. The van der Waals surface area contributed by atoms with Gasteiger partial charge in [0, 0.05) is 18.0 Å². The molecule has 7 heteroatoms. The number of hydrogen-bond acceptors (Lipinski definition) is 4. The van der Waals surface area contributed by atoms with Gasteiger partial charge in [0.25, 0.3) is 0 Å². The molecule has 2 heterocycles. The van der Waals surface area contributed by atoms with E-state index < -0.39 is 5.82 Å². The van der Waals surface area contributed by atoms with Gasteiger partial charge in [-0.2, -0.15) is 5.10 Å². The second-order valence-corrected chi connectivity index (χ2v) is 4.46. The number of nitrogens with one attached hydrogen (secondary N) is 1. The van der Waals surface area contributed by atoms with Gasteiger partial charge in [-0.05, 0) is 24.3 Å². The van der Waals surface area contributed by atoms with E-state index >= 15 is 0 Å². The third-order valence-corrected chi connectivity index (χ3v) is 3.10. The molecule has 0 aliphatic heterocycles. The topological polar surface area (TPSA) is 80.5 Å². The normalized spacial score (nSPS) is 10.7. The Balaban J connectivity index is 2.22. The minimum absolute atomic E-state index is 0.246. The number of nitrogens with zero attached hydrogens (tertiary/aromatic N) is 3. The van der Waals surface area contributed by atoms with Crippen molar-refractivity contribution in [1.29, 1.82) is 0 Å². The maximum atomic E-state index is 13.1. The zero-order chi connectivity index (χ0) is 14.1. The van der Waals surface area contributed by atoms with Gasteiger partial charge >= 0.3 is 0 Å². The quantitative estimate of drug-likeness (QED) is 0.760. The standard InChI is InChI=1S/C13H9ClFN5/c14-9-6-7(15)2-3-8(9)10-11(19-20-12(10)16)13-17-4-1-5-18-13/h1-6H,(H3,16,19,20). The molecule has 0 amide bonds. The van der Waals surface area contributed by atoms with Gasteiger partial charge in [-0.25, -0.2) is 14.4 Å². The van der Waals surface area contributed by atoms with Crippen molar-refractivity contribution in [2.45, 2.75) is 0 Å². The summed E-state index contributed by atoms with van der Waals surface area (Å²) < 4.78 is 13.1. The Labute approximate surface area is 118 Å². The average Bonchev–Trinajstić information content (AvgIpc) is 2.82. The third kappa shape index (κ3) is 2.10. The van der Waals surface area contributed by atoms with Crippen LogP contribution in [0.2, 0.25) is 5.02 Å². The van der Waals surface area contributed by atoms with Crippen LogP contribution in [0.5, 0.6) is 0 Å². The second-order valence-electron chi connectivity index (χ2n) is 4.06. The lowest BCUT2D eigenvalue weighted by Crippen LogP contribution is -1.92. The van der Waals surface area contributed by atoms with E-state index in [0.717, 1.165) is 0 Å². The molecule has 0 spiro atoms. The maximum Gasteiger partial charge on any atom is 0.178 e. The highest BCUT2D eigenvalue weighted by Crippen LogP contribution is 2.37. The second kappa shape index (κ2) is 4.90. The Kier molecular flexibility index (Phi) is 3.08. The fourth-order valence-electron chi connectivity index (χ4n) is 1.91. The number of rotatable bonds is 2. The van der Waals surface area contributed by atoms with Gasteiger partial charge in [-0.3, -0.25) is 5.10 Å². The van der Waals surface area contributed by atoms with Gasteiger partial charge in [0.15, 0.2) is 11.6 Å². The van der Waals surface area contributed by atoms with Crippen LogP contribution in [-0.4, -0.2) is 20.2 Å². The SMILES string of the molecule is Nc1n[nH]c(-c2ncccn2)c1-c1ccc(F)cc1Cl. The molecule has 2 aromatic heterocycles. The van der Waals surface area contributed by atoms with Gasteiger partial charge < -0.3 is 5.73 Å². The molecule has 3 N–H and O–H groups in total. The Morgan fingerprint density at radius 3 is 2.65 bits per heavy atom. The summed E-state index contributed by atoms with van der Waals surface area (Å²) >= 11 is 6.07. The predicted octanol–water partition coefficient (Wildman–Crippen LogP) is 2.91. The lowest BCUT2D eigenvalue weighted by atomic mass is 10.0. The number of H-pyrrole nitrogens is 1. The Morgan fingerprint density at radius 1 is 1.20 bits per heavy atom. The molecule has 3 rings (SSSR count). The van der Waals surface area contributed by atoms with E-state index in [0.29, 0.717) is 22.6 Å². The van der Waals surface area contributed by atoms with E-state index in [-0.39, 0.29) is 10.8 Å². The molecule has 0 unspecified atom stereocenters. The van der Waals surface area contributed by atoms with Crippen LogP contribution in [0.4, 0.5) is 10.2 Å². The maximum absolute atomic E-state index is 13.1. The molecule has 100 valence electrons. The number of hydrogen-bond donors (Lipinski definition) is 2. The lowest BCUT2D eigenvalue weighted by Gasteiger charge is -2.06. The number of nitrogen functional groups attached to an aromatic ring is 1. The van der Waals surface area contributed by atoms with Crippen molar-refractivity contribution >= 4 is 17.4 Å². The van der Waals surface area contributed by atoms with E-state index in [1.807, 2.05) is 0 Å². The van der Waals surface area contributed by atoms with Crippen molar-refractivity contribution in [2.24, 2.45) is 0 Å². The van der Waals surface area contributed by atoms with E-state index in [4.69, 9.17) is 17.3 Å². The number of aromatic amines is 1. The molecule has 5 nitrogen and oxygen atoms in total. The van der Waals surface area contributed by atoms with Gasteiger partial charge in [-0.1, -0.05) is 11.6 Å². The first-order valence-corrected chi connectivity index (χ1v) is 6.11. The number of anilines is 1. The summed E-state index contributed by atoms with van der Waals surface area (Å²) in [5, 5.41) is 6.98. The fraction of sp³-hybridized carbons (Fsp3) is 0. The monoisotopic (exact) mass is 289 g/mol. The van der Waals surface area contributed by atoms with E-state index in [9.17, 15) is 4.39 Å². The summed E-state index contributed by atoms with van der Waals surface area (Å²) in [6.45, 7) is 0. The van der Waals surface area contributed by atoms with Crippen LogP contribution in [0.1, 0.15) is 0 Å². The predicted molar refractivity (Wildman–Crippen MR) is 74.4 cm³/mol. The summed E-state index contributed by atoms with van der Waals surface area (Å²) in [5.74, 6) is 0.270. The Morgan fingerprint density at radius 2 is 1.95 bits per heavy atom. The van der Waals surface area contributed by atoms with Crippen LogP contribution in [-0.2, 0) is 0 Å². The van der Waals surface area contributed by atoms with Crippen molar-refractivity contribution < 1.29 is 4.39 Å². The van der Waals surface area contributed by atoms with Crippen LogP contribution < -0.4 is 5.73 Å². The third-order valence-electron chi connectivity index (χ3n) is 2.78. The molecule has 1 aromatic carbocycles. The van der Waals surface area contributed by atoms with Crippen LogP contribution in [0, 0.1) is 5.82 Å². The smallest absolute Gasteiger partial charge is 0.178 e. The molecule has 0 bridgehead atoms. The first kappa shape index (κ1) is 12.6. The van der Waals surface area contributed by atoms with E-state index in [2.05, 4.69) is 20.2 Å². The van der Waals surface area contributed by atoms with Gasteiger partial charge in [0.1, 0.15) is 11.5 Å². The molecule has 0 fully saturated rings. The van der Waals surface area contributed by atoms with Crippen molar-refractivity contribution in [1.82, 2.24) is 20.2 Å². The van der Waals surface area contributed by atoms with Gasteiger partial charge in [0.2, 0.25) is 0 Å². The summed E-state index contributed by atoms with van der Waals surface area (Å²) in [5.41, 5.74) is 7.53. The molecule has 0 aliphatic rings. The first-order valence-electron chi connectivity index (χ1n) is 5.73. The zero-order valence-corrected chi connectivity index (χ0v) is 10.9. The summed E-state index contributed by atoms with van der Waals surface area (Å²) in [4.78, 5) is 8.28. The van der Waals surface area contributed by atoms with E-state index in [1.165, 1.54) is 12.1 Å². The average molecular weight is 290 g/mol. The summed E-state index contributed by atoms with van der Waals surface area (Å²) in [7, 11) is 0. The number of aromatic nitrogens is 4. The van der Waals surface area contributed by atoms with Crippen molar-refractivity contribution in [3.05, 3.63) is 47.5 Å². The summed E-state index contributed by atoms with van der Waals surface area (Å²) in [6.07, 6.45) is 3.21. The molecule has 20 heavy (non-hydrogen) atoms. The highest BCUT2D eigenvalue weighted by molar-refractivity contribution is 6.33. The molecule has 0 atom stereocenters. The van der Waals surface area contributed by atoms with Crippen LogP contribution in [0.3, 0.4) is 0 Å². The zero-order valence-electron chi connectivity index (χ0n) is 10.1. The van der Waals surface area contributed by atoms with Crippen molar-refractivity contribution in [2.75, 3.05) is 5.73 Å². The van der Waals surface area contributed by atoms with Crippen molar-refractivity contribution in [3.8, 4) is 22.6 Å². The molecule has 0 aliphatic carbocycles. The van der Waals surface area contributed by atoms with Crippen LogP contribution in [0.15, 0.2) is 36.7 Å². The fourth-order valence-corrected chi connectivity index (χ4v) is 2.17. The van der Waals surface area contributed by atoms with Crippen LogP contribution in [0.25, 0.3) is 22.6 Å².